The number of nitrogens with two attached hydrogens (primary N) is 1. The van der Waals surface area contributed by atoms with Gasteiger partial charge < -0.3 is 10.6 Å². The van der Waals surface area contributed by atoms with Crippen LogP contribution in [0.15, 0.2) is 0 Å². The van der Waals surface area contributed by atoms with Crippen molar-refractivity contribution in [1.29, 1.82) is 5.41 Å². The Balaban J connectivity index is 2.26. The third kappa shape index (κ3) is 2.50. The van der Waals surface area contributed by atoms with Crippen LogP contribution in [0.25, 0.3) is 0 Å². The molecular weight excluding hydrogens is 138 g/mol. The van der Waals surface area contributed by atoms with Gasteiger partial charge in [0.1, 0.15) is 0 Å². The van der Waals surface area contributed by atoms with E-state index in [0.717, 1.165) is 6.04 Å². The first-order chi connectivity index (χ1) is 5.11. The molecule has 0 aliphatic heterocycles. The average Bonchev–Trinajstić information content (AvgIpc) is 2.65. The minimum Gasteiger partial charge on any atom is -0.388 e. The van der Waals surface area contributed by atoms with Gasteiger partial charge in [0.05, 0.1) is 5.84 Å². The zero-order chi connectivity index (χ0) is 8.43. The maximum Gasteiger partial charge on any atom is 0.0920 e. The van der Waals surface area contributed by atoms with E-state index in [1.807, 2.05) is 0 Å². The Labute approximate surface area is 68.1 Å². The van der Waals surface area contributed by atoms with Crippen LogP contribution in [0.3, 0.4) is 0 Å². The smallest absolute Gasteiger partial charge is 0.0920 e. The minimum absolute atomic E-state index is 0.296. The van der Waals surface area contributed by atoms with Gasteiger partial charge in [-0.15, -0.1) is 0 Å². The van der Waals surface area contributed by atoms with E-state index in [-0.39, 0.29) is 0 Å². The zero-order valence-corrected chi connectivity index (χ0v) is 7.30. The summed E-state index contributed by atoms with van der Waals surface area (Å²) in [5.74, 6) is 0.296. The van der Waals surface area contributed by atoms with Crippen LogP contribution in [-0.4, -0.2) is 29.9 Å². The molecule has 11 heavy (non-hydrogen) atoms. The summed E-state index contributed by atoms with van der Waals surface area (Å²) in [4.78, 5) is 2.32. The summed E-state index contributed by atoms with van der Waals surface area (Å²) in [6.45, 7) is 2.12. The molecule has 0 aromatic heterocycles. The molecule has 1 saturated carbocycles. The van der Waals surface area contributed by atoms with Crippen molar-refractivity contribution in [3.8, 4) is 0 Å². The Bertz CT molecular complexity index is 151. The van der Waals surface area contributed by atoms with Crippen molar-refractivity contribution in [2.75, 3.05) is 7.05 Å². The Morgan fingerprint density at radius 3 is 2.64 bits per heavy atom. The van der Waals surface area contributed by atoms with Gasteiger partial charge in [-0.3, -0.25) is 5.41 Å². The molecule has 0 heterocycles. The summed E-state index contributed by atoms with van der Waals surface area (Å²) in [7, 11) is 2.12. The summed E-state index contributed by atoms with van der Waals surface area (Å²) in [6, 6.07) is 1.20. The van der Waals surface area contributed by atoms with Crippen molar-refractivity contribution in [2.45, 2.75) is 38.3 Å². The first-order valence-electron chi connectivity index (χ1n) is 4.16. The second-order valence-electron chi connectivity index (χ2n) is 3.48. The fraction of sp³-hybridized carbons (Fsp3) is 0.875. The van der Waals surface area contributed by atoms with E-state index < -0.39 is 0 Å². The fourth-order valence-electron chi connectivity index (χ4n) is 1.30. The average molecular weight is 155 g/mol. The second kappa shape index (κ2) is 3.22. The van der Waals surface area contributed by atoms with E-state index in [0.29, 0.717) is 18.3 Å². The Morgan fingerprint density at radius 2 is 2.27 bits per heavy atom. The molecule has 1 unspecified atom stereocenters. The van der Waals surface area contributed by atoms with E-state index >= 15 is 0 Å². The molecule has 0 saturated heterocycles. The lowest BCUT2D eigenvalue weighted by molar-refractivity contribution is 0.252. The Kier molecular flexibility index (Phi) is 2.49. The largest absolute Gasteiger partial charge is 0.388 e. The molecule has 0 spiro atoms. The van der Waals surface area contributed by atoms with Crippen LogP contribution in [0.2, 0.25) is 0 Å². The predicted octanol–water partition coefficient (Wildman–Crippen LogP) is 0.795. The monoisotopic (exact) mass is 155 g/mol. The topological polar surface area (TPSA) is 53.1 Å². The Hall–Kier alpha value is -0.570. The van der Waals surface area contributed by atoms with Crippen LogP contribution in [0, 0.1) is 5.41 Å². The molecule has 3 heteroatoms. The second-order valence-corrected chi connectivity index (χ2v) is 3.48. The van der Waals surface area contributed by atoms with Gasteiger partial charge in [-0.2, -0.15) is 0 Å². The van der Waals surface area contributed by atoms with E-state index in [4.69, 9.17) is 11.1 Å². The van der Waals surface area contributed by atoms with Crippen LogP contribution >= 0.6 is 0 Å². The first-order valence-corrected chi connectivity index (χ1v) is 4.16. The van der Waals surface area contributed by atoms with Gasteiger partial charge in [0.2, 0.25) is 0 Å². The van der Waals surface area contributed by atoms with E-state index in [9.17, 15) is 0 Å². The van der Waals surface area contributed by atoms with Crippen molar-refractivity contribution in [3.05, 3.63) is 0 Å². The molecule has 0 aromatic carbocycles. The molecule has 0 radical (unpaired) electrons. The number of nitrogens with zero attached hydrogens (tertiary/aromatic N) is 1. The predicted molar refractivity (Wildman–Crippen MR) is 46.8 cm³/mol. The summed E-state index contributed by atoms with van der Waals surface area (Å²) in [5, 5.41) is 7.13. The molecule has 1 atom stereocenters. The zero-order valence-electron chi connectivity index (χ0n) is 7.30. The van der Waals surface area contributed by atoms with Gasteiger partial charge >= 0.3 is 0 Å². The maximum absolute atomic E-state index is 7.13. The van der Waals surface area contributed by atoms with Crippen molar-refractivity contribution in [3.63, 3.8) is 0 Å². The molecule has 0 bridgehead atoms. The van der Waals surface area contributed by atoms with Gasteiger partial charge in [0, 0.05) is 18.5 Å². The summed E-state index contributed by atoms with van der Waals surface area (Å²) in [6.07, 6.45) is 3.34. The molecule has 64 valence electrons. The third-order valence-electron chi connectivity index (χ3n) is 2.33. The first kappa shape index (κ1) is 8.53. The van der Waals surface area contributed by atoms with E-state index in [2.05, 4.69) is 18.9 Å². The molecular formula is C8H17N3. The highest BCUT2D eigenvalue weighted by Gasteiger charge is 2.28. The fourth-order valence-corrected chi connectivity index (χ4v) is 1.30. The van der Waals surface area contributed by atoms with Crippen LogP contribution in [0.5, 0.6) is 0 Å². The highest BCUT2D eigenvalue weighted by Crippen LogP contribution is 2.27. The molecule has 1 aliphatic rings. The van der Waals surface area contributed by atoms with Crippen molar-refractivity contribution >= 4 is 5.84 Å². The summed E-state index contributed by atoms with van der Waals surface area (Å²) in [5.41, 5.74) is 5.31. The van der Waals surface area contributed by atoms with Crippen LogP contribution in [-0.2, 0) is 0 Å². The highest BCUT2D eigenvalue weighted by atomic mass is 15.2. The van der Waals surface area contributed by atoms with Gasteiger partial charge in [0.25, 0.3) is 0 Å². The summed E-state index contributed by atoms with van der Waals surface area (Å²) < 4.78 is 0. The number of nitrogens with one attached hydrogen (secondary N) is 1. The number of amidine groups is 1. The highest BCUT2D eigenvalue weighted by molar-refractivity contribution is 5.77. The Morgan fingerprint density at radius 1 is 1.73 bits per heavy atom. The summed E-state index contributed by atoms with van der Waals surface area (Å²) >= 11 is 0. The van der Waals surface area contributed by atoms with Gasteiger partial charge in [-0.25, -0.2) is 0 Å². The molecule has 3 N–H and O–H groups in total. The lowest BCUT2D eigenvalue weighted by atomic mass is 10.2. The van der Waals surface area contributed by atoms with Gasteiger partial charge in [-0.1, -0.05) is 0 Å². The molecule has 0 aromatic rings. The van der Waals surface area contributed by atoms with E-state index in [1.165, 1.54) is 12.8 Å². The van der Waals surface area contributed by atoms with Gasteiger partial charge in [0.15, 0.2) is 0 Å². The minimum atomic E-state index is 0.296. The lowest BCUT2D eigenvalue weighted by Crippen LogP contribution is -2.34. The van der Waals surface area contributed by atoms with Crippen molar-refractivity contribution in [1.82, 2.24) is 4.90 Å². The number of rotatable bonds is 4. The lowest BCUT2D eigenvalue weighted by Gasteiger charge is -2.23. The molecule has 1 aliphatic carbocycles. The van der Waals surface area contributed by atoms with Crippen LogP contribution in [0.1, 0.15) is 26.2 Å². The maximum atomic E-state index is 7.13. The quantitative estimate of drug-likeness (QED) is 0.466. The SMILES string of the molecule is CC(CC(=N)N)N(C)C1CC1. The molecule has 1 fully saturated rings. The molecule has 0 amide bonds. The van der Waals surface area contributed by atoms with Crippen LogP contribution in [0.4, 0.5) is 0 Å². The normalized spacial score (nSPS) is 20.3. The third-order valence-corrected chi connectivity index (χ3v) is 2.33. The van der Waals surface area contributed by atoms with Crippen LogP contribution < -0.4 is 5.73 Å². The van der Waals surface area contributed by atoms with E-state index in [1.54, 1.807) is 0 Å². The standard InChI is InChI=1S/C8H17N3/c1-6(5-8(9)10)11(2)7-3-4-7/h6-7H,3-5H2,1-2H3,(H3,9,10). The van der Waals surface area contributed by atoms with Gasteiger partial charge in [-0.05, 0) is 26.8 Å². The van der Waals surface area contributed by atoms with Crippen molar-refractivity contribution in [2.24, 2.45) is 5.73 Å². The number of hydrogen-bond acceptors (Lipinski definition) is 2. The number of hydrogen-bond donors (Lipinski definition) is 2. The van der Waals surface area contributed by atoms with Crippen molar-refractivity contribution < 1.29 is 0 Å². The molecule has 3 nitrogen and oxygen atoms in total. The molecule has 1 rings (SSSR count).